The standard InChI is InChI=1S/C42H32O9/c43-27-9-2-22(3-10-27)1-4-25-15-32(48)20-35-37(25)40(42(50-35)24-7-13-29(45)14-8-24)34-19-33(49)21-36-39(34)38(26-16-30(46)18-31(47)17-26)41(51-36)23-5-11-28(44)12-6-23/h1-21,38,40-49H/t38-,40+,41+,42?/m1/s1. The van der Waals surface area contributed by atoms with Gasteiger partial charge in [-0.15, -0.1) is 0 Å². The smallest absolute Gasteiger partial charge is 0.135 e. The number of phenols is 7. The van der Waals surface area contributed by atoms with E-state index in [-0.39, 0.29) is 40.2 Å². The molecule has 0 saturated carbocycles. The lowest BCUT2D eigenvalue weighted by Crippen LogP contribution is -2.16. The summed E-state index contributed by atoms with van der Waals surface area (Å²) >= 11 is 0. The van der Waals surface area contributed by atoms with E-state index in [2.05, 4.69) is 0 Å². The zero-order valence-electron chi connectivity index (χ0n) is 26.9. The van der Waals surface area contributed by atoms with Crippen LogP contribution >= 0.6 is 0 Å². The lowest BCUT2D eigenvalue weighted by Gasteiger charge is -2.26. The van der Waals surface area contributed by atoms with Gasteiger partial charge in [-0.2, -0.15) is 0 Å². The van der Waals surface area contributed by atoms with Crippen molar-refractivity contribution in [1.82, 2.24) is 0 Å². The predicted molar refractivity (Wildman–Crippen MR) is 188 cm³/mol. The Balaban J connectivity index is 1.34. The zero-order chi connectivity index (χ0) is 35.4. The number of ether oxygens (including phenoxy) is 2. The molecule has 4 atom stereocenters. The van der Waals surface area contributed by atoms with Crippen LogP contribution in [0.15, 0.2) is 115 Å². The monoisotopic (exact) mass is 680 g/mol. The van der Waals surface area contributed by atoms with Crippen molar-refractivity contribution in [1.29, 1.82) is 0 Å². The van der Waals surface area contributed by atoms with Crippen LogP contribution in [0.2, 0.25) is 0 Å². The van der Waals surface area contributed by atoms with Crippen LogP contribution in [0, 0.1) is 12.8 Å². The average Bonchev–Trinajstić information content (AvgIpc) is 3.67. The summed E-state index contributed by atoms with van der Waals surface area (Å²) < 4.78 is 13.3. The van der Waals surface area contributed by atoms with Crippen molar-refractivity contribution in [2.75, 3.05) is 0 Å². The summed E-state index contributed by atoms with van der Waals surface area (Å²) in [6.45, 7) is 0. The van der Waals surface area contributed by atoms with E-state index in [1.165, 1.54) is 12.1 Å². The van der Waals surface area contributed by atoms with Crippen molar-refractivity contribution < 1.29 is 45.2 Å². The number of hydrogen-bond acceptors (Lipinski definition) is 9. The highest BCUT2D eigenvalue weighted by Crippen LogP contribution is 2.60. The molecule has 0 bridgehead atoms. The van der Waals surface area contributed by atoms with Gasteiger partial charge in [0.05, 0.1) is 11.8 Å². The van der Waals surface area contributed by atoms with Gasteiger partial charge in [0.15, 0.2) is 0 Å². The van der Waals surface area contributed by atoms with Gasteiger partial charge in [0.2, 0.25) is 0 Å². The van der Waals surface area contributed by atoms with Crippen LogP contribution in [-0.2, 0) is 0 Å². The van der Waals surface area contributed by atoms with Crippen molar-refractivity contribution in [2.45, 2.75) is 24.0 Å². The number of phenolic OH excluding ortho intramolecular Hbond substituents is 7. The molecule has 0 saturated heterocycles. The fourth-order valence-corrected chi connectivity index (χ4v) is 7.31. The Hall–Kier alpha value is -6.48. The van der Waals surface area contributed by atoms with Gasteiger partial charge in [0.1, 0.15) is 64.0 Å². The van der Waals surface area contributed by atoms with E-state index in [0.29, 0.717) is 39.3 Å². The maximum Gasteiger partial charge on any atom is 0.135 e. The lowest BCUT2D eigenvalue weighted by atomic mass is 9.75. The van der Waals surface area contributed by atoms with Gasteiger partial charge in [-0.3, -0.25) is 0 Å². The molecule has 0 amide bonds. The molecule has 0 spiro atoms. The third-order valence-electron chi connectivity index (χ3n) is 9.46. The van der Waals surface area contributed by atoms with Gasteiger partial charge in [-0.25, -0.2) is 0 Å². The summed E-state index contributed by atoms with van der Waals surface area (Å²) in [6, 6.07) is 30.7. The third-order valence-corrected chi connectivity index (χ3v) is 9.46. The highest BCUT2D eigenvalue weighted by Gasteiger charge is 2.46. The number of rotatable bonds is 7. The molecule has 6 aromatic rings. The first-order valence-electron chi connectivity index (χ1n) is 16.3. The molecule has 7 N–H and O–H groups in total. The van der Waals surface area contributed by atoms with E-state index in [0.717, 1.165) is 16.7 Å². The topological polar surface area (TPSA) is 160 Å². The largest absolute Gasteiger partial charge is 0.508 e. The van der Waals surface area contributed by atoms with E-state index in [1.807, 2.05) is 12.8 Å². The van der Waals surface area contributed by atoms with Crippen molar-refractivity contribution in [3.63, 3.8) is 0 Å². The second-order valence-electron chi connectivity index (χ2n) is 12.8. The Morgan fingerprint density at radius 3 is 1.43 bits per heavy atom. The summed E-state index contributed by atoms with van der Waals surface area (Å²) in [5.41, 5.74) is 5.48. The molecule has 9 nitrogen and oxygen atoms in total. The van der Waals surface area contributed by atoms with Gasteiger partial charge >= 0.3 is 0 Å². The fraction of sp³-hybridized carbons (Fsp3) is 0.0952. The van der Waals surface area contributed by atoms with Crippen LogP contribution in [0.25, 0.3) is 0 Å². The zero-order valence-corrected chi connectivity index (χ0v) is 26.9. The molecular weight excluding hydrogens is 648 g/mol. The highest BCUT2D eigenvalue weighted by atomic mass is 16.5. The molecule has 2 aliphatic rings. The fourth-order valence-electron chi connectivity index (χ4n) is 7.31. The van der Waals surface area contributed by atoms with Gasteiger partial charge in [0, 0.05) is 29.3 Å². The van der Waals surface area contributed by atoms with E-state index in [9.17, 15) is 35.7 Å². The average molecular weight is 681 g/mol. The molecule has 8 rings (SSSR count). The quantitative estimate of drug-likeness (QED) is 0.0888. The Morgan fingerprint density at radius 2 is 0.863 bits per heavy atom. The Morgan fingerprint density at radius 1 is 0.392 bits per heavy atom. The number of fused-ring (bicyclic) bond motifs is 2. The van der Waals surface area contributed by atoms with Crippen LogP contribution in [0.5, 0.6) is 51.7 Å². The Bertz CT molecular complexity index is 2230. The Kier molecular flexibility index (Phi) is 7.75. The molecule has 2 aliphatic heterocycles. The van der Waals surface area contributed by atoms with E-state index in [4.69, 9.17) is 9.47 Å². The molecule has 6 aromatic carbocycles. The lowest BCUT2D eigenvalue weighted by molar-refractivity contribution is 0.219. The first-order valence-corrected chi connectivity index (χ1v) is 16.3. The van der Waals surface area contributed by atoms with Crippen molar-refractivity contribution >= 4 is 0 Å². The molecule has 9 heteroatoms. The summed E-state index contributed by atoms with van der Waals surface area (Å²) in [5.74, 6) is -0.504. The van der Waals surface area contributed by atoms with Crippen molar-refractivity contribution in [3.05, 3.63) is 173 Å². The van der Waals surface area contributed by atoms with Crippen molar-refractivity contribution in [3.8, 4) is 51.7 Å². The van der Waals surface area contributed by atoms with Gasteiger partial charge in [-0.1, -0.05) is 36.4 Å². The third kappa shape index (κ3) is 5.93. The number of hydrogen-bond donors (Lipinski definition) is 7. The second kappa shape index (κ2) is 12.4. The first kappa shape index (κ1) is 31.8. The van der Waals surface area contributed by atoms with Crippen LogP contribution < -0.4 is 9.47 Å². The van der Waals surface area contributed by atoms with Crippen LogP contribution in [-0.4, -0.2) is 35.7 Å². The number of aromatic hydroxyl groups is 7. The summed E-state index contributed by atoms with van der Waals surface area (Å²) in [5, 5.41) is 73.4. The minimum Gasteiger partial charge on any atom is -0.508 e. The first-order chi connectivity index (χ1) is 24.6. The normalized spacial score (nSPS) is 18.8. The molecule has 1 unspecified atom stereocenters. The molecule has 0 fully saturated rings. The Labute approximate surface area is 293 Å². The van der Waals surface area contributed by atoms with Crippen molar-refractivity contribution in [2.24, 2.45) is 0 Å². The molecule has 2 heterocycles. The SMILES string of the molecule is Oc1ccc([CH][CH]c2cc(O)cc3c2[C@H](c2cc(O)cc4c2[C@@H](c2cc(O)cc(O)c2)[C@H](c2ccc(O)cc2)O4)C(c2ccc(O)cc2)O3)cc1. The van der Waals surface area contributed by atoms with Gasteiger partial charge < -0.3 is 45.2 Å². The summed E-state index contributed by atoms with van der Waals surface area (Å²) in [6.07, 6.45) is 2.32. The maximum atomic E-state index is 11.3. The minimum atomic E-state index is -0.694. The van der Waals surface area contributed by atoms with Crippen LogP contribution in [0.1, 0.15) is 68.6 Å². The molecule has 0 aromatic heterocycles. The number of benzene rings is 6. The van der Waals surface area contributed by atoms with E-state index >= 15 is 0 Å². The van der Waals surface area contributed by atoms with Crippen LogP contribution in [0.4, 0.5) is 0 Å². The molecule has 2 radical (unpaired) electrons. The van der Waals surface area contributed by atoms with Gasteiger partial charge in [-0.05, 0) is 107 Å². The maximum absolute atomic E-state index is 11.3. The molecule has 0 aliphatic carbocycles. The summed E-state index contributed by atoms with van der Waals surface area (Å²) in [4.78, 5) is 0. The molecule has 254 valence electrons. The van der Waals surface area contributed by atoms with Crippen LogP contribution in [0.3, 0.4) is 0 Å². The molecular formula is C42H32O9. The summed E-state index contributed by atoms with van der Waals surface area (Å²) in [7, 11) is 0. The highest BCUT2D eigenvalue weighted by molar-refractivity contribution is 5.65. The predicted octanol–water partition coefficient (Wildman–Crippen LogP) is 7.96. The van der Waals surface area contributed by atoms with Gasteiger partial charge in [0.25, 0.3) is 0 Å². The van der Waals surface area contributed by atoms with E-state index in [1.54, 1.807) is 103 Å². The molecule has 51 heavy (non-hydrogen) atoms. The minimum absolute atomic E-state index is 0.0193. The second-order valence-corrected chi connectivity index (χ2v) is 12.8. The van der Waals surface area contributed by atoms with E-state index < -0.39 is 24.0 Å².